The Morgan fingerprint density at radius 3 is 2.77 bits per heavy atom. The van der Waals surface area contributed by atoms with Gasteiger partial charge in [-0.1, -0.05) is 6.92 Å². The van der Waals surface area contributed by atoms with Gasteiger partial charge in [-0.05, 0) is 4.90 Å². The van der Waals surface area contributed by atoms with Crippen molar-refractivity contribution in [2.24, 2.45) is 5.92 Å². The highest BCUT2D eigenvalue weighted by atomic mass is 16.8. The zero-order valence-corrected chi connectivity index (χ0v) is 12.3. The number of nitrogens with zero attached hydrogens (tertiary/aromatic N) is 4. The fourth-order valence-electron chi connectivity index (χ4n) is 3.97. The van der Waals surface area contributed by atoms with Gasteiger partial charge in [0, 0.05) is 31.1 Å². The maximum Gasteiger partial charge on any atom is 0.263 e. The molecule has 1 aromatic heterocycles. The Balaban J connectivity index is 1.78. The summed E-state index contributed by atoms with van der Waals surface area (Å²) in [6.07, 6.45) is 0.203. The van der Waals surface area contributed by atoms with Gasteiger partial charge in [-0.2, -0.15) is 4.74 Å². The van der Waals surface area contributed by atoms with Crippen molar-refractivity contribution >= 4 is 5.71 Å². The van der Waals surface area contributed by atoms with Crippen LogP contribution in [0, 0.1) is 16.3 Å². The molecule has 0 unspecified atom stereocenters. The molecular formula is C13H18N4O5. The number of ether oxygens (including phenoxy) is 1. The van der Waals surface area contributed by atoms with E-state index in [-0.39, 0.29) is 5.69 Å². The van der Waals surface area contributed by atoms with Crippen molar-refractivity contribution in [3.63, 3.8) is 0 Å². The number of aromatic nitrogens is 2. The van der Waals surface area contributed by atoms with Gasteiger partial charge in [-0.3, -0.25) is 4.63 Å². The van der Waals surface area contributed by atoms with Gasteiger partial charge < -0.3 is 20.3 Å². The first-order chi connectivity index (χ1) is 10.5. The second-order valence-corrected chi connectivity index (χ2v) is 6.11. The van der Waals surface area contributed by atoms with Crippen LogP contribution in [0.25, 0.3) is 0 Å². The largest absolute Gasteiger partial charge is 0.623 e. The van der Waals surface area contributed by atoms with E-state index in [1.807, 2.05) is 11.8 Å². The molecule has 0 bridgehead atoms. The summed E-state index contributed by atoms with van der Waals surface area (Å²) in [5.41, 5.74) is -0.655. The zero-order valence-electron chi connectivity index (χ0n) is 12.3. The Bertz CT molecular complexity index is 638. The van der Waals surface area contributed by atoms with E-state index in [1.54, 1.807) is 0 Å². The second kappa shape index (κ2) is 4.64. The molecule has 120 valence electrons. The molecule has 9 nitrogen and oxygen atoms in total. The Morgan fingerprint density at radius 2 is 2.05 bits per heavy atom. The first kappa shape index (κ1) is 13.9. The number of fused-ring (bicyclic) bond motifs is 3. The molecule has 1 N–H and O–H groups in total. The summed E-state index contributed by atoms with van der Waals surface area (Å²) >= 11 is 0. The molecule has 4 rings (SSSR count). The molecule has 3 aliphatic rings. The third-order valence-corrected chi connectivity index (χ3v) is 5.13. The third-order valence-electron chi connectivity index (χ3n) is 5.13. The molecule has 1 saturated heterocycles. The van der Waals surface area contributed by atoms with E-state index in [4.69, 9.17) is 4.74 Å². The van der Waals surface area contributed by atoms with Gasteiger partial charge in [0.05, 0.1) is 19.1 Å². The van der Waals surface area contributed by atoms with Crippen LogP contribution in [-0.2, 0) is 16.8 Å². The minimum atomic E-state index is -1.53. The maximum absolute atomic E-state index is 12.8. The highest BCUT2D eigenvalue weighted by molar-refractivity contribution is 5.92. The second-order valence-electron chi connectivity index (χ2n) is 6.11. The van der Waals surface area contributed by atoms with Crippen molar-refractivity contribution in [2.45, 2.75) is 31.5 Å². The van der Waals surface area contributed by atoms with Gasteiger partial charge in [0.25, 0.3) is 5.69 Å². The Labute approximate surface area is 126 Å². The summed E-state index contributed by atoms with van der Waals surface area (Å²) in [7, 11) is 0. The normalized spacial score (nSPS) is 35.5. The molecule has 3 atom stereocenters. The average molecular weight is 310 g/mol. The maximum atomic E-state index is 12.8. The van der Waals surface area contributed by atoms with Crippen molar-refractivity contribution in [1.29, 1.82) is 0 Å². The molecule has 0 amide bonds. The van der Waals surface area contributed by atoms with Gasteiger partial charge in [-0.25, -0.2) is 4.90 Å². The standard InChI is InChI=1S/C13H18N4O5/c1-8-12(15-4-6-21-7-5-15)16(19)10-3-2-9-11(13(8,10)18)14-22-17(9)20/h8,12,18H,2-7H2,1H3/t8-,12+,13-/m0/s1. The fourth-order valence-corrected chi connectivity index (χ4v) is 3.97. The molecule has 1 aliphatic carbocycles. The van der Waals surface area contributed by atoms with Crippen LogP contribution in [-0.4, -0.2) is 58.1 Å². The summed E-state index contributed by atoms with van der Waals surface area (Å²) in [6, 6.07) is 0. The van der Waals surface area contributed by atoms with Gasteiger partial charge >= 0.3 is 0 Å². The molecule has 0 spiro atoms. The van der Waals surface area contributed by atoms with Gasteiger partial charge in [-0.15, -0.1) is 0 Å². The number of morpholine rings is 1. The predicted molar refractivity (Wildman–Crippen MR) is 71.7 cm³/mol. The lowest BCUT2D eigenvalue weighted by Gasteiger charge is -2.33. The van der Waals surface area contributed by atoms with Crippen molar-refractivity contribution in [3.05, 3.63) is 21.8 Å². The number of hydrogen-bond acceptors (Lipinski definition) is 7. The quantitative estimate of drug-likeness (QED) is 0.507. The molecular weight excluding hydrogens is 292 g/mol. The average Bonchev–Trinajstić information content (AvgIpc) is 2.99. The Hall–Kier alpha value is -1.71. The lowest BCUT2D eigenvalue weighted by Crippen LogP contribution is -2.51. The minimum Gasteiger partial charge on any atom is -0.623 e. The van der Waals surface area contributed by atoms with Crippen LogP contribution in [0.5, 0.6) is 0 Å². The van der Waals surface area contributed by atoms with E-state index >= 15 is 0 Å². The summed E-state index contributed by atoms with van der Waals surface area (Å²) in [6.45, 7) is 4.24. The van der Waals surface area contributed by atoms with Crippen LogP contribution in [0.2, 0.25) is 0 Å². The van der Waals surface area contributed by atoms with Crippen molar-refractivity contribution < 1.29 is 24.1 Å². The van der Waals surface area contributed by atoms with Crippen LogP contribution < -0.4 is 4.90 Å². The molecule has 0 saturated carbocycles. The highest BCUT2D eigenvalue weighted by Gasteiger charge is 2.65. The van der Waals surface area contributed by atoms with Crippen molar-refractivity contribution in [1.82, 2.24) is 10.1 Å². The fraction of sp³-hybridized carbons (Fsp3) is 0.769. The van der Waals surface area contributed by atoms with Crippen LogP contribution in [0.4, 0.5) is 0 Å². The first-order valence-electron chi connectivity index (χ1n) is 7.51. The molecule has 0 radical (unpaired) electrons. The molecule has 22 heavy (non-hydrogen) atoms. The molecule has 0 aromatic carbocycles. The summed E-state index contributed by atoms with van der Waals surface area (Å²) in [5, 5.41) is 39.3. The zero-order chi connectivity index (χ0) is 15.5. The van der Waals surface area contributed by atoms with Crippen molar-refractivity contribution in [3.8, 4) is 0 Å². The number of aliphatic hydroxyl groups is 1. The van der Waals surface area contributed by atoms with Gasteiger partial charge in [0.1, 0.15) is 0 Å². The Morgan fingerprint density at radius 1 is 1.32 bits per heavy atom. The molecule has 9 heteroatoms. The van der Waals surface area contributed by atoms with E-state index in [0.29, 0.717) is 55.5 Å². The first-order valence-corrected chi connectivity index (χ1v) is 7.51. The third kappa shape index (κ3) is 1.61. The highest BCUT2D eigenvalue weighted by Crippen LogP contribution is 2.44. The molecule has 2 aliphatic heterocycles. The lowest BCUT2D eigenvalue weighted by atomic mass is 9.76. The Kier molecular flexibility index (Phi) is 2.94. The predicted octanol–water partition coefficient (Wildman–Crippen LogP) is -1.30. The van der Waals surface area contributed by atoms with Gasteiger partial charge in [0.15, 0.2) is 0 Å². The molecule has 1 fully saturated rings. The van der Waals surface area contributed by atoms with Crippen LogP contribution >= 0.6 is 0 Å². The minimum absolute atomic E-state index is 0.188. The van der Waals surface area contributed by atoms with Crippen LogP contribution in [0.1, 0.15) is 24.7 Å². The summed E-state index contributed by atoms with van der Waals surface area (Å²) in [4.78, 5) is 2.35. The summed E-state index contributed by atoms with van der Waals surface area (Å²) < 4.78 is 10.9. The van der Waals surface area contributed by atoms with Crippen molar-refractivity contribution in [2.75, 3.05) is 26.3 Å². The SMILES string of the molecule is C[C@H]1[C@H](N2CCOCC2)[N+]([O-])=C2CCc3c(no[n+]3[O-])[C@@]21O. The smallest absolute Gasteiger partial charge is 0.263 e. The van der Waals surface area contributed by atoms with Crippen LogP contribution in [0.15, 0.2) is 4.63 Å². The van der Waals surface area contributed by atoms with E-state index in [0.717, 1.165) is 4.74 Å². The topological polar surface area (TPSA) is 112 Å². The molecule has 3 heterocycles. The van der Waals surface area contributed by atoms with E-state index in [1.165, 1.54) is 0 Å². The van der Waals surface area contributed by atoms with E-state index in [9.17, 15) is 15.5 Å². The van der Waals surface area contributed by atoms with Crippen LogP contribution in [0.3, 0.4) is 0 Å². The monoisotopic (exact) mass is 310 g/mol. The van der Waals surface area contributed by atoms with Gasteiger partial charge in [0.2, 0.25) is 23.2 Å². The number of rotatable bonds is 1. The number of hydrogen-bond donors (Lipinski definition) is 1. The van der Waals surface area contributed by atoms with E-state index in [2.05, 4.69) is 9.79 Å². The lowest BCUT2D eigenvalue weighted by molar-refractivity contribution is -0.808. The summed E-state index contributed by atoms with van der Waals surface area (Å²) in [5.74, 6) is -0.415. The van der Waals surface area contributed by atoms with E-state index < -0.39 is 17.7 Å². The molecule has 1 aromatic rings. The number of hydroxylamine groups is 1.